The highest BCUT2D eigenvalue weighted by atomic mass is 19.1. The smallest absolute Gasteiger partial charge is 0.248 e. The maximum Gasteiger partial charge on any atom is 0.248 e. The van der Waals surface area contributed by atoms with Crippen molar-refractivity contribution < 1.29 is 18.7 Å². The lowest BCUT2D eigenvalue weighted by Crippen LogP contribution is -2.10. The summed E-state index contributed by atoms with van der Waals surface area (Å²) in [6, 6.07) is 9.99. The number of halogens is 1. The van der Waals surface area contributed by atoms with Crippen molar-refractivity contribution in [3.05, 3.63) is 59.7 Å². The number of aromatic nitrogens is 3. The summed E-state index contributed by atoms with van der Waals surface area (Å²) >= 11 is 0. The van der Waals surface area contributed by atoms with E-state index in [-0.39, 0.29) is 11.8 Å². The van der Waals surface area contributed by atoms with Crippen molar-refractivity contribution in [2.75, 3.05) is 12.4 Å². The summed E-state index contributed by atoms with van der Waals surface area (Å²) < 4.78 is 27.7. The number of carbonyl (C=O) groups excluding carboxylic acids is 1. The number of methoxy groups -OCH3 is 1. The van der Waals surface area contributed by atoms with E-state index >= 15 is 0 Å². The number of anilines is 1. The van der Waals surface area contributed by atoms with Crippen LogP contribution in [0, 0.1) is 5.82 Å². The first-order valence-electron chi connectivity index (χ1n) is 11.5. The Kier molecular flexibility index (Phi) is 7.25. The Balaban J connectivity index is 1.50. The highest BCUT2D eigenvalue weighted by molar-refractivity contribution is 6.02. The molecule has 1 aromatic heterocycles. The van der Waals surface area contributed by atoms with Gasteiger partial charge in [0.15, 0.2) is 17.3 Å². The number of hydrogen-bond donors (Lipinski definition) is 1. The van der Waals surface area contributed by atoms with Crippen LogP contribution in [-0.2, 0) is 17.8 Å². The Morgan fingerprint density at radius 1 is 1.12 bits per heavy atom. The topological polar surface area (TPSA) is 78.3 Å². The largest absolute Gasteiger partial charge is 0.493 e. The van der Waals surface area contributed by atoms with E-state index in [9.17, 15) is 9.18 Å². The zero-order chi connectivity index (χ0) is 24.1. The Bertz CT molecular complexity index is 1200. The predicted octanol–water partition coefficient (Wildman–Crippen LogP) is 5.26. The molecule has 0 spiro atoms. The van der Waals surface area contributed by atoms with E-state index in [1.54, 1.807) is 37.5 Å². The molecule has 178 valence electrons. The van der Waals surface area contributed by atoms with Crippen molar-refractivity contribution in [3.8, 4) is 22.9 Å². The quantitative estimate of drug-likeness (QED) is 0.483. The van der Waals surface area contributed by atoms with Crippen LogP contribution in [-0.4, -0.2) is 33.9 Å². The second kappa shape index (κ2) is 10.5. The number of hydrogen-bond acceptors (Lipinski definition) is 5. The third kappa shape index (κ3) is 5.44. The van der Waals surface area contributed by atoms with Crippen molar-refractivity contribution in [3.63, 3.8) is 0 Å². The van der Waals surface area contributed by atoms with Gasteiger partial charge in [0.05, 0.1) is 18.9 Å². The van der Waals surface area contributed by atoms with E-state index in [0.29, 0.717) is 22.9 Å². The monoisotopic (exact) mass is 464 g/mol. The molecule has 8 heteroatoms. The van der Waals surface area contributed by atoms with Crippen molar-refractivity contribution in [2.45, 2.75) is 52.2 Å². The maximum absolute atomic E-state index is 14.5. The number of benzene rings is 2. The Morgan fingerprint density at radius 3 is 2.76 bits per heavy atom. The first-order valence-corrected chi connectivity index (χ1v) is 11.5. The molecule has 1 aliphatic rings. The summed E-state index contributed by atoms with van der Waals surface area (Å²) in [5.41, 5.74) is 1.56. The fraction of sp³-hybridized carbons (Fsp3) is 0.346. The molecular formula is C26H29FN4O3. The molecule has 2 heterocycles. The average molecular weight is 465 g/mol. The van der Waals surface area contributed by atoms with Crippen LogP contribution in [0.15, 0.2) is 42.5 Å². The second-order valence-electron chi connectivity index (χ2n) is 8.50. The lowest BCUT2D eigenvalue weighted by atomic mass is 10.1. The molecule has 0 bridgehead atoms. The number of fused-ring (bicyclic) bond motifs is 1. The average Bonchev–Trinajstić information content (AvgIpc) is 3.07. The van der Waals surface area contributed by atoms with Crippen LogP contribution >= 0.6 is 0 Å². The van der Waals surface area contributed by atoms with Gasteiger partial charge in [-0.3, -0.25) is 4.79 Å². The number of ether oxygens (including phenoxy) is 2. The number of amides is 1. The summed E-state index contributed by atoms with van der Waals surface area (Å²) in [4.78, 5) is 12.5. The normalized spacial score (nSPS) is 13.6. The summed E-state index contributed by atoms with van der Waals surface area (Å²) in [6.07, 6.45) is 7.19. The number of carbonyl (C=O) groups is 1. The van der Waals surface area contributed by atoms with Gasteiger partial charge in [0.2, 0.25) is 5.91 Å². The highest BCUT2D eigenvalue weighted by Gasteiger charge is 2.17. The molecule has 0 saturated heterocycles. The van der Waals surface area contributed by atoms with Gasteiger partial charge in [-0.1, -0.05) is 12.5 Å². The molecule has 0 radical (unpaired) electrons. The van der Waals surface area contributed by atoms with Crippen molar-refractivity contribution in [1.29, 1.82) is 0 Å². The molecule has 0 atom stereocenters. The summed E-state index contributed by atoms with van der Waals surface area (Å²) in [7, 11) is 1.56. The minimum atomic E-state index is -0.516. The van der Waals surface area contributed by atoms with Crippen LogP contribution in [0.3, 0.4) is 0 Å². The van der Waals surface area contributed by atoms with E-state index in [1.165, 1.54) is 12.1 Å². The number of nitrogens with zero attached hydrogens (tertiary/aromatic N) is 3. The third-order valence-corrected chi connectivity index (χ3v) is 5.57. The fourth-order valence-electron chi connectivity index (χ4n) is 3.94. The van der Waals surface area contributed by atoms with Gasteiger partial charge >= 0.3 is 0 Å². The first kappa shape index (κ1) is 23.5. The van der Waals surface area contributed by atoms with Crippen LogP contribution in [0.5, 0.6) is 11.5 Å². The van der Waals surface area contributed by atoms with Gasteiger partial charge in [0.1, 0.15) is 11.6 Å². The van der Waals surface area contributed by atoms with Gasteiger partial charge < -0.3 is 19.4 Å². The molecule has 0 aliphatic carbocycles. The molecule has 0 fully saturated rings. The van der Waals surface area contributed by atoms with Crippen LogP contribution < -0.4 is 14.8 Å². The molecule has 1 N–H and O–H groups in total. The van der Waals surface area contributed by atoms with Gasteiger partial charge in [-0.15, -0.1) is 10.2 Å². The van der Waals surface area contributed by atoms with Crippen LogP contribution in [0.25, 0.3) is 17.5 Å². The molecule has 7 nitrogen and oxygen atoms in total. The molecule has 1 aliphatic heterocycles. The summed E-state index contributed by atoms with van der Waals surface area (Å²) in [5.74, 6) is 1.88. The zero-order valence-corrected chi connectivity index (χ0v) is 19.7. The van der Waals surface area contributed by atoms with Crippen molar-refractivity contribution in [2.24, 2.45) is 0 Å². The SMILES string of the molecule is COc1cc(/C=C/C(=O)Nc2cc(-c3nnc4n3CCCCC4)ccc2F)ccc1OC(C)C. The molecule has 2 aromatic carbocycles. The van der Waals surface area contributed by atoms with Crippen molar-refractivity contribution in [1.82, 2.24) is 14.8 Å². The Hall–Kier alpha value is -3.68. The summed E-state index contributed by atoms with van der Waals surface area (Å²) in [6.45, 7) is 4.71. The molecule has 4 rings (SSSR count). The van der Waals surface area contributed by atoms with Crippen LogP contribution in [0.4, 0.5) is 10.1 Å². The lowest BCUT2D eigenvalue weighted by Gasteiger charge is -2.13. The molecule has 3 aromatic rings. The Morgan fingerprint density at radius 2 is 1.97 bits per heavy atom. The maximum atomic E-state index is 14.5. The molecular weight excluding hydrogens is 435 g/mol. The van der Waals surface area contributed by atoms with Crippen molar-refractivity contribution >= 4 is 17.7 Å². The van der Waals surface area contributed by atoms with E-state index in [0.717, 1.165) is 43.6 Å². The highest BCUT2D eigenvalue weighted by Crippen LogP contribution is 2.30. The van der Waals surface area contributed by atoms with E-state index < -0.39 is 11.7 Å². The van der Waals surface area contributed by atoms with Gasteiger partial charge in [-0.2, -0.15) is 0 Å². The molecule has 0 unspecified atom stereocenters. The number of nitrogens with one attached hydrogen (secondary N) is 1. The second-order valence-corrected chi connectivity index (χ2v) is 8.50. The predicted molar refractivity (Wildman–Crippen MR) is 129 cm³/mol. The third-order valence-electron chi connectivity index (χ3n) is 5.57. The van der Waals surface area contributed by atoms with Gasteiger partial charge in [-0.05, 0) is 68.7 Å². The minimum absolute atomic E-state index is 0.0134. The van der Waals surface area contributed by atoms with Gasteiger partial charge in [-0.25, -0.2) is 4.39 Å². The van der Waals surface area contributed by atoms with E-state index in [1.807, 2.05) is 19.9 Å². The van der Waals surface area contributed by atoms with Crippen LogP contribution in [0.1, 0.15) is 44.5 Å². The zero-order valence-electron chi connectivity index (χ0n) is 19.7. The molecule has 34 heavy (non-hydrogen) atoms. The number of aryl methyl sites for hydroxylation is 1. The Labute approximate surface area is 198 Å². The fourth-order valence-corrected chi connectivity index (χ4v) is 3.94. The lowest BCUT2D eigenvalue weighted by molar-refractivity contribution is -0.111. The van der Waals surface area contributed by atoms with E-state index in [2.05, 4.69) is 20.1 Å². The summed E-state index contributed by atoms with van der Waals surface area (Å²) in [5, 5.41) is 11.3. The standard InChI is InChI=1S/C26H29FN4O3/c1-17(2)34-22-12-8-18(15-23(22)33-3)9-13-25(32)28-21-16-19(10-11-20(21)27)26-30-29-24-7-5-4-6-14-31(24)26/h8-13,15-17H,4-7,14H2,1-3H3,(H,28,32)/b13-9+. The van der Waals surface area contributed by atoms with Gasteiger partial charge in [0.25, 0.3) is 0 Å². The first-order chi connectivity index (χ1) is 16.4. The van der Waals surface area contributed by atoms with Gasteiger partial charge in [0, 0.05) is 24.6 Å². The molecule has 1 amide bonds. The number of rotatable bonds is 7. The molecule has 0 saturated carbocycles. The van der Waals surface area contributed by atoms with E-state index in [4.69, 9.17) is 9.47 Å². The van der Waals surface area contributed by atoms with Crippen LogP contribution in [0.2, 0.25) is 0 Å². The minimum Gasteiger partial charge on any atom is -0.493 e.